The first kappa shape index (κ1) is 18.7. The molecule has 3 aromatic carbocycles. The van der Waals surface area contributed by atoms with Crippen molar-refractivity contribution in [2.45, 2.75) is 0 Å². The van der Waals surface area contributed by atoms with Gasteiger partial charge in [-0.15, -0.1) is 0 Å². The molecule has 0 atom stereocenters. The molecule has 1 heterocycles. The zero-order valence-electron chi connectivity index (χ0n) is 15.9. The number of aromatic amines is 1. The normalized spacial score (nSPS) is 10.8. The van der Waals surface area contributed by atoms with E-state index in [0.29, 0.717) is 45.4 Å². The summed E-state index contributed by atoms with van der Waals surface area (Å²) in [7, 11) is 3.09. The number of hydrogen-bond donors (Lipinski definition) is 1. The summed E-state index contributed by atoms with van der Waals surface area (Å²) in [6.07, 6.45) is 0. The topological polar surface area (TPSA) is 47.1 Å². The lowest BCUT2D eigenvalue weighted by Gasteiger charge is -2.10. The van der Waals surface area contributed by atoms with Gasteiger partial charge in [-0.25, -0.2) is 13.8 Å². The first-order valence-corrected chi connectivity index (χ1v) is 8.94. The smallest absolute Gasteiger partial charge is 0.161 e. The van der Waals surface area contributed by atoms with Crippen LogP contribution in [0.15, 0.2) is 66.7 Å². The van der Waals surface area contributed by atoms with Gasteiger partial charge in [-0.2, -0.15) is 0 Å². The quantitative estimate of drug-likeness (QED) is 0.473. The molecule has 0 radical (unpaired) electrons. The molecule has 146 valence electrons. The molecule has 0 saturated carbocycles. The first-order valence-electron chi connectivity index (χ1n) is 8.94. The van der Waals surface area contributed by atoms with Crippen molar-refractivity contribution in [2.75, 3.05) is 14.2 Å². The molecule has 4 rings (SSSR count). The number of halogens is 2. The van der Waals surface area contributed by atoms with Crippen molar-refractivity contribution in [3.8, 4) is 45.4 Å². The van der Waals surface area contributed by atoms with E-state index in [1.165, 1.54) is 19.2 Å². The Hall–Kier alpha value is -3.67. The van der Waals surface area contributed by atoms with Crippen LogP contribution in [0, 0.1) is 11.6 Å². The average Bonchev–Trinajstić information content (AvgIpc) is 3.18. The molecule has 0 aliphatic carbocycles. The number of benzene rings is 3. The van der Waals surface area contributed by atoms with Gasteiger partial charge in [0.05, 0.1) is 31.2 Å². The summed E-state index contributed by atoms with van der Waals surface area (Å²) in [6, 6.07) is 18.0. The second kappa shape index (κ2) is 7.75. The predicted octanol–water partition coefficient (Wildman–Crippen LogP) is 5.71. The van der Waals surface area contributed by atoms with Crippen LogP contribution in [0.2, 0.25) is 0 Å². The molecule has 1 N–H and O–H groups in total. The van der Waals surface area contributed by atoms with Crippen LogP contribution in [0.4, 0.5) is 8.78 Å². The maximum absolute atomic E-state index is 14.6. The Kier molecular flexibility index (Phi) is 4.99. The number of aromatic nitrogens is 2. The summed E-state index contributed by atoms with van der Waals surface area (Å²) >= 11 is 0. The third kappa shape index (κ3) is 3.45. The third-order valence-corrected chi connectivity index (χ3v) is 4.63. The Morgan fingerprint density at radius 1 is 0.759 bits per heavy atom. The maximum Gasteiger partial charge on any atom is 0.161 e. The lowest BCUT2D eigenvalue weighted by Crippen LogP contribution is -1.92. The largest absolute Gasteiger partial charge is 0.493 e. The second-order valence-electron chi connectivity index (χ2n) is 6.34. The number of ether oxygens (including phenoxy) is 2. The molecular weight excluding hydrogens is 374 g/mol. The molecule has 29 heavy (non-hydrogen) atoms. The molecule has 4 nitrogen and oxygen atoms in total. The summed E-state index contributed by atoms with van der Waals surface area (Å²) < 4.78 is 39.6. The van der Waals surface area contributed by atoms with Crippen molar-refractivity contribution >= 4 is 0 Å². The highest BCUT2D eigenvalue weighted by Crippen LogP contribution is 2.38. The monoisotopic (exact) mass is 392 g/mol. The fourth-order valence-corrected chi connectivity index (χ4v) is 3.21. The van der Waals surface area contributed by atoms with Crippen molar-refractivity contribution < 1.29 is 18.3 Å². The number of rotatable bonds is 5. The molecule has 6 heteroatoms. The van der Waals surface area contributed by atoms with Gasteiger partial charge in [0, 0.05) is 11.1 Å². The predicted molar refractivity (Wildman–Crippen MR) is 108 cm³/mol. The first-order chi connectivity index (χ1) is 14.1. The van der Waals surface area contributed by atoms with E-state index in [2.05, 4.69) is 9.97 Å². The Morgan fingerprint density at radius 2 is 1.38 bits per heavy atom. The van der Waals surface area contributed by atoms with Crippen molar-refractivity contribution in [1.82, 2.24) is 9.97 Å². The van der Waals surface area contributed by atoms with Crippen LogP contribution in [-0.2, 0) is 0 Å². The van der Waals surface area contributed by atoms with Gasteiger partial charge in [-0.3, -0.25) is 0 Å². The number of hydrogen-bond acceptors (Lipinski definition) is 3. The van der Waals surface area contributed by atoms with E-state index in [0.717, 1.165) is 0 Å². The summed E-state index contributed by atoms with van der Waals surface area (Å²) in [4.78, 5) is 7.70. The summed E-state index contributed by atoms with van der Waals surface area (Å²) in [6.45, 7) is 0. The number of nitrogens with one attached hydrogen (secondary N) is 1. The average molecular weight is 392 g/mol. The Balaban J connectivity index is 1.95. The Bertz CT molecular complexity index is 1170. The van der Waals surface area contributed by atoms with Gasteiger partial charge in [-0.1, -0.05) is 24.3 Å². The SMILES string of the molecule is COc1ccc(-c2nc(-c3ccccc3F)[nH]c2-c2ccccc2F)cc1OC. The van der Waals surface area contributed by atoms with E-state index >= 15 is 0 Å². The minimum Gasteiger partial charge on any atom is -0.493 e. The molecule has 0 fully saturated rings. The van der Waals surface area contributed by atoms with Crippen LogP contribution < -0.4 is 9.47 Å². The molecule has 0 amide bonds. The van der Waals surface area contributed by atoms with Gasteiger partial charge in [0.25, 0.3) is 0 Å². The van der Waals surface area contributed by atoms with Crippen LogP contribution >= 0.6 is 0 Å². The summed E-state index contributed by atoms with van der Waals surface area (Å²) in [5.74, 6) is 0.567. The highest BCUT2D eigenvalue weighted by molar-refractivity contribution is 5.82. The minimum atomic E-state index is -0.416. The molecule has 0 bridgehead atoms. The zero-order valence-corrected chi connectivity index (χ0v) is 15.9. The van der Waals surface area contributed by atoms with E-state index < -0.39 is 11.6 Å². The van der Waals surface area contributed by atoms with Crippen LogP contribution in [0.3, 0.4) is 0 Å². The van der Waals surface area contributed by atoms with E-state index in [4.69, 9.17) is 9.47 Å². The lowest BCUT2D eigenvalue weighted by atomic mass is 10.0. The minimum absolute atomic E-state index is 0.303. The highest BCUT2D eigenvalue weighted by Gasteiger charge is 2.20. The van der Waals surface area contributed by atoms with Crippen LogP contribution in [0.25, 0.3) is 33.9 Å². The standard InChI is InChI=1S/C23H18F2N2O2/c1-28-19-12-11-14(13-20(19)29-2)21-22(15-7-3-5-9-17(15)24)27-23(26-21)16-8-4-6-10-18(16)25/h3-13H,1-2H3,(H,26,27). The van der Waals surface area contributed by atoms with E-state index in [1.54, 1.807) is 61.7 Å². The molecular formula is C23H18F2N2O2. The highest BCUT2D eigenvalue weighted by atomic mass is 19.1. The Labute approximate surface area is 166 Å². The van der Waals surface area contributed by atoms with Gasteiger partial charge in [-0.05, 0) is 42.5 Å². The number of nitrogens with zero attached hydrogens (tertiary/aromatic N) is 1. The molecule has 1 aromatic heterocycles. The molecule has 0 spiro atoms. The van der Waals surface area contributed by atoms with Gasteiger partial charge in [0.2, 0.25) is 0 Å². The fraction of sp³-hybridized carbons (Fsp3) is 0.0870. The number of imidazole rings is 1. The van der Waals surface area contributed by atoms with Gasteiger partial charge < -0.3 is 14.5 Å². The molecule has 0 unspecified atom stereocenters. The van der Waals surface area contributed by atoms with Gasteiger partial charge >= 0.3 is 0 Å². The van der Waals surface area contributed by atoms with Crippen LogP contribution in [0.1, 0.15) is 0 Å². The zero-order chi connectivity index (χ0) is 20.4. The van der Waals surface area contributed by atoms with E-state index in [1.807, 2.05) is 0 Å². The van der Waals surface area contributed by atoms with E-state index in [-0.39, 0.29) is 0 Å². The van der Waals surface area contributed by atoms with E-state index in [9.17, 15) is 8.78 Å². The van der Waals surface area contributed by atoms with Crippen molar-refractivity contribution in [2.24, 2.45) is 0 Å². The maximum atomic E-state index is 14.6. The molecule has 4 aromatic rings. The molecule has 0 aliphatic heterocycles. The van der Waals surface area contributed by atoms with Crippen LogP contribution in [-0.4, -0.2) is 24.2 Å². The number of H-pyrrole nitrogens is 1. The van der Waals surface area contributed by atoms with Gasteiger partial charge in [0.15, 0.2) is 11.5 Å². The summed E-state index contributed by atoms with van der Waals surface area (Å²) in [5.41, 5.74) is 2.26. The number of methoxy groups -OCH3 is 2. The van der Waals surface area contributed by atoms with Gasteiger partial charge in [0.1, 0.15) is 17.5 Å². The molecule has 0 saturated heterocycles. The summed E-state index contributed by atoms with van der Waals surface area (Å²) in [5, 5.41) is 0. The van der Waals surface area contributed by atoms with Crippen molar-refractivity contribution in [3.63, 3.8) is 0 Å². The second-order valence-corrected chi connectivity index (χ2v) is 6.34. The van der Waals surface area contributed by atoms with Crippen molar-refractivity contribution in [1.29, 1.82) is 0 Å². The Morgan fingerprint density at radius 3 is 2.00 bits per heavy atom. The van der Waals surface area contributed by atoms with Crippen molar-refractivity contribution in [3.05, 3.63) is 78.4 Å². The third-order valence-electron chi connectivity index (χ3n) is 4.63. The lowest BCUT2D eigenvalue weighted by molar-refractivity contribution is 0.355. The molecule has 0 aliphatic rings. The van der Waals surface area contributed by atoms with Crippen LogP contribution in [0.5, 0.6) is 11.5 Å². The fourth-order valence-electron chi connectivity index (χ4n) is 3.21.